The Morgan fingerprint density at radius 2 is 1.60 bits per heavy atom. The lowest BCUT2D eigenvalue weighted by Crippen LogP contribution is -2.11. The molecule has 0 amide bonds. The van der Waals surface area contributed by atoms with Crippen molar-refractivity contribution in [3.8, 4) is 0 Å². The van der Waals surface area contributed by atoms with Gasteiger partial charge in [-0.2, -0.15) is 0 Å². The molecule has 0 radical (unpaired) electrons. The van der Waals surface area contributed by atoms with E-state index in [0.29, 0.717) is 0 Å². The van der Waals surface area contributed by atoms with Crippen molar-refractivity contribution in [3.05, 3.63) is 24.3 Å². The van der Waals surface area contributed by atoms with Crippen LogP contribution in [0.3, 0.4) is 0 Å². The molecule has 0 aromatic rings. The first-order valence-electron chi connectivity index (χ1n) is 3.14. The molecule has 2 heteroatoms. The van der Waals surface area contributed by atoms with Crippen molar-refractivity contribution in [1.29, 1.82) is 0 Å². The SMILES string of the molecule is C[N+](C)=C1C=CC(=O)C=C1. The number of ketones is 1. The Labute approximate surface area is 60.2 Å². The van der Waals surface area contributed by atoms with Gasteiger partial charge in [-0.1, -0.05) is 0 Å². The summed E-state index contributed by atoms with van der Waals surface area (Å²) in [4.78, 5) is 10.6. The van der Waals surface area contributed by atoms with Crippen LogP contribution in [-0.2, 0) is 4.79 Å². The third-order valence-corrected chi connectivity index (χ3v) is 1.35. The highest BCUT2D eigenvalue weighted by molar-refractivity contribution is 6.14. The maximum Gasteiger partial charge on any atom is 0.199 e. The van der Waals surface area contributed by atoms with Gasteiger partial charge in [-0.05, 0) is 12.2 Å². The average molecular weight is 136 g/mol. The minimum absolute atomic E-state index is 0.0607. The van der Waals surface area contributed by atoms with Crippen molar-refractivity contribution >= 4 is 11.5 Å². The van der Waals surface area contributed by atoms with Crippen LogP contribution in [0, 0.1) is 0 Å². The average Bonchev–Trinajstić information content (AvgIpc) is 1.88. The van der Waals surface area contributed by atoms with Crippen LogP contribution >= 0.6 is 0 Å². The van der Waals surface area contributed by atoms with Crippen LogP contribution in [0.25, 0.3) is 0 Å². The molecule has 0 saturated heterocycles. The number of hydrogen-bond donors (Lipinski definition) is 0. The van der Waals surface area contributed by atoms with E-state index in [9.17, 15) is 4.79 Å². The van der Waals surface area contributed by atoms with Crippen molar-refractivity contribution < 1.29 is 9.37 Å². The molecule has 0 bridgehead atoms. The molecule has 0 N–H and O–H groups in total. The lowest BCUT2D eigenvalue weighted by atomic mass is 10.1. The zero-order chi connectivity index (χ0) is 7.56. The summed E-state index contributed by atoms with van der Waals surface area (Å²) in [7, 11) is 3.89. The smallest absolute Gasteiger partial charge is 0.199 e. The lowest BCUT2D eigenvalue weighted by molar-refractivity contribution is -0.462. The number of carbonyl (C=O) groups is 1. The van der Waals surface area contributed by atoms with Crippen LogP contribution < -0.4 is 0 Å². The fourth-order valence-corrected chi connectivity index (χ4v) is 0.744. The Morgan fingerprint density at radius 3 is 2.00 bits per heavy atom. The van der Waals surface area contributed by atoms with Gasteiger partial charge in [-0.3, -0.25) is 4.79 Å². The molecule has 0 aromatic heterocycles. The normalized spacial score (nSPS) is 16.2. The fraction of sp³-hybridized carbons (Fsp3) is 0.250. The number of hydrogen-bond acceptors (Lipinski definition) is 1. The monoisotopic (exact) mass is 136 g/mol. The lowest BCUT2D eigenvalue weighted by Gasteiger charge is -1.94. The zero-order valence-corrected chi connectivity index (χ0v) is 6.16. The third kappa shape index (κ3) is 1.41. The minimum Gasteiger partial charge on any atom is -0.290 e. The summed E-state index contributed by atoms with van der Waals surface area (Å²) in [5.74, 6) is 0.0607. The molecule has 0 heterocycles. The maximum absolute atomic E-state index is 10.6. The van der Waals surface area contributed by atoms with Gasteiger partial charge >= 0.3 is 0 Å². The van der Waals surface area contributed by atoms with E-state index in [-0.39, 0.29) is 5.78 Å². The van der Waals surface area contributed by atoms with Gasteiger partial charge < -0.3 is 0 Å². The third-order valence-electron chi connectivity index (χ3n) is 1.35. The van der Waals surface area contributed by atoms with E-state index in [1.165, 1.54) is 0 Å². The Balaban J connectivity index is 2.91. The van der Waals surface area contributed by atoms with Crippen LogP contribution in [0.1, 0.15) is 0 Å². The molecule has 0 spiro atoms. The van der Waals surface area contributed by atoms with Crippen LogP contribution in [0.4, 0.5) is 0 Å². The summed E-state index contributed by atoms with van der Waals surface area (Å²) in [6.45, 7) is 0. The molecule has 0 saturated carbocycles. The van der Waals surface area contributed by atoms with E-state index >= 15 is 0 Å². The Kier molecular flexibility index (Phi) is 1.81. The molecule has 0 unspecified atom stereocenters. The highest BCUT2D eigenvalue weighted by Gasteiger charge is 2.04. The van der Waals surface area contributed by atoms with Crippen molar-refractivity contribution in [2.24, 2.45) is 0 Å². The van der Waals surface area contributed by atoms with Crippen LogP contribution in [0.2, 0.25) is 0 Å². The van der Waals surface area contributed by atoms with Crippen LogP contribution in [-0.4, -0.2) is 30.2 Å². The van der Waals surface area contributed by atoms with Gasteiger partial charge in [0, 0.05) is 12.2 Å². The van der Waals surface area contributed by atoms with Crippen molar-refractivity contribution in [1.82, 2.24) is 0 Å². The molecular weight excluding hydrogens is 126 g/mol. The second-order valence-electron chi connectivity index (χ2n) is 2.39. The molecule has 0 aliphatic heterocycles. The first kappa shape index (κ1) is 6.93. The molecular formula is C8H10NO+. The number of allylic oxidation sites excluding steroid dienone is 4. The molecule has 1 aliphatic carbocycles. The summed E-state index contributed by atoms with van der Waals surface area (Å²) in [6.07, 6.45) is 6.75. The van der Waals surface area contributed by atoms with E-state index in [1.807, 2.05) is 30.8 Å². The predicted molar refractivity (Wildman–Crippen MR) is 40.4 cm³/mol. The van der Waals surface area contributed by atoms with Crippen molar-refractivity contribution in [3.63, 3.8) is 0 Å². The summed E-state index contributed by atoms with van der Waals surface area (Å²) in [6, 6.07) is 0. The first-order valence-corrected chi connectivity index (χ1v) is 3.14. The number of nitrogens with zero attached hydrogens (tertiary/aromatic N) is 1. The van der Waals surface area contributed by atoms with Gasteiger partial charge in [0.2, 0.25) is 0 Å². The molecule has 1 rings (SSSR count). The quantitative estimate of drug-likeness (QED) is 0.348. The maximum atomic E-state index is 10.6. The van der Waals surface area contributed by atoms with Gasteiger partial charge in [-0.25, -0.2) is 4.58 Å². The van der Waals surface area contributed by atoms with E-state index in [0.717, 1.165) is 5.71 Å². The molecule has 52 valence electrons. The summed E-state index contributed by atoms with van der Waals surface area (Å²) in [5, 5.41) is 0. The molecule has 0 atom stereocenters. The van der Waals surface area contributed by atoms with E-state index in [1.54, 1.807) is 12.2 Å². The first-order chi connectivity index (χ1) is 4.70. The molecule has 0 fully saturated rings. The van der Waals surface area contributed by atoms with Gasteiger partial charge in [0.05, 0.1) is 0 Å². The van der Waals surface area contributed by atoms with Gasteiger partial charge in [0.25, 0.3) is 0 Å². The number of carbonyl (C=O) groups excluding carboxylic acids is 1. The Bertz CT molecular complexity index is 224. The highest BCUT2D eigenvalue weighted by atomic mass is 16.1. The second-order valence-corrected chi connectivity index (χ2v) is 2.39. The zero-order valence-electron chi connectivity index (χ0n) is 6.16. The van der Waals surface area contributed by atoms with E-state index in [2.05, 4.69) is 0 Å². The second kappa shape index (κ2) is 2.60. The topological polar surface area (TPSA) is 20.1 Å². The van der Waals surface area contributed by atoms with Crippen molar-refractivity contribution in [2.75, 3.05) is 14.1 Å². The van der Waals surface area contributed by atoms with Crippen molar-refractivity contribution in [2.45, 2.75) is 0 Å². The summed E-state index contributed by atoms with van der Waals surface area (Å²) >= 11 is 0. The molecule has 1 aliphatic rings. The van der Waals surface area contributed by atoms with Crippen LogP contribution in [0.15, 0.2) is 24.3 Å². The van der Waals surface area contributed by atoms with Gasteiger partial charge in [-0.15, -0.1) is 0 Å². The Hall–Kier alpha value is -1.18. The standard InChI is InChI=1S/C8H10NO/c1-9(2)7-3-5-8(10)6-4-7/h3-6H,1-2H3/q+1. The van der Waals surface area contributed by atoms with E-state index < -0.39 is 0 Å². The summed E-state index contributed by atoms with van der Waals surface area (Å²) < 4.78 is 1.96. The highest BCUT2D eigenvalue weighted by Crippen LogP contribution is 1.93. The van der Waals surface area contributed by atoms with E-state index in [4.69, 9.17) is 0 Å². The fourth-order valence-electron chi connectivity index (χ4n) is 0.744. The number of rotatable bonds is 0. The molecule has 2 nitrogen and oxygen atoms in total. The summed E-state index contributed by atoms with van der Waals surface area (Å²) in [5.41, 5.74) is 1.06. The van der Waals surface area contributed by atoms with Gasteiger partial charge in [0.1, 0.15) is 14.1 Å². The largest absolute Gasteiger partial charge is 0.290 e. The molecule has 0 aromatic carbocycles. The predicted octanol–water partition coefficient (Wildman–Crippen LogP) is 0.395. The van der Waals surface area contributed by atoms with Gasteiger partial charge in [0.15, 0.2) is 11.5 Å². The van der Waals surface area contributed by atoms with Crippen LogP contribution in [0.5, 0.6) is 0 Å². The molecule has 10 heavy (non-hydrogen) atoms. The Morgan fingerprint density at radius 1 is 1.10 bits per heavy atom. The minimum atomic E-state index is 0.0607.